The molecule has 1 atom stereocenters. The first-order valence-corrected chi connectivity index (χ1v) is 7.05. The molecular weight excluding hydrogens is 266 g/mol. The van der Waals surface area contributed by atoms with Crippen LogP contribution in [0.15, 0.2) is 36.4 Å². The van der Waals surface area contributed by atoms with Crippen molar-refractivity contribution >= 4 is 0 Å². The largest absolute Gasteiger partial charge is 0.508 e. The van der Waals surface area contributed by atoms with E-state index in [0.29, 0.717) is 12.3 Å². The molecule has 2 aromatic rings. The van der Waals surface area contributed by atoms with E-state index < -0.39 is 0 Å². The number of fused-ring (bicyclic) bond motifs is 1. The van der Waals surface area contributed by atoms with Gasteiger partial charge >= 0.3 is 0 Å². The maximum absolute atomic E-state index is 9.87. The minimum absolute atomic E-state index is 0.152. The van der Waals surface area contributed by atoms with Crippen molar-refractivity contribution in [2.45, 2.75) is 26.4 Å². The van der Waals surface area contributed by atoms with Gasteiger partial charge in [-0.1, -0.05) is 23.8 Å². The van der Waals surface area contributed by atoms with Crippen LogP contribution in [0, 0.1) is 6.92 Å². The van der Waals surface area contributed by atoms with E-state index in [1.807, 2.05) is 37.3 Å². The lowest BCUT2D eigenvalue weighted by Crippen LogP contribution is -2.18. The molecule has 1 heterocycles. The first-order chi connectivity index (χ1) is 10.1. The van der Waals surface area contributed by atoms with E-state index >= 15 is 0 Å². The number of aryl methyl sites for hydroxylation is 1. The summed E-state index contributed by atoms with van der Waals surface area (Å²) >= 11 is 0. The molecule has 1 aliphatic heterocycles. The zero-order chi connectivity index (χ0) is 14.8. The second kappa shape index (κ2) is 5.66. The number of benzene rings is 2. The van der Waals surface area contributed by atoms with E-state index in [0.717, 1.165) is 28.2 Å². The third kappa shape index (κ3) is 2.95. The molecule has 0 radical (unpaired) electrons. The zero-order valence-electron chi connectivity index (χ0n) is 12.2. The van der Waals surface area contributed by atoms with Crippen molar-refractivity contribution in [3.05, 3.63) is 53.1 Å². The van der Waals surface area contributed by atoms with Crippen LogP contribution in [0.4, 0.5) is 0 Å². The summed E-state index contributed by atoms with van der Waals surface area (Å²) in [6.45, 7) is 5.01. The first-order valence-electron chi connectivity index (χ1n) is 7.05. The Morgan fingerprint density at radius 3 is 2.81 bits per heavy atom. The Kier molecular flexibility index (Phi) is 3.71. The average Bonchev–Trinajstić information content (AvgIpc) is 2.95. The summed E-state index contributed by atoms with van der Waals surface area (Å²) in [5.74, 6) is 1.91. The number of hydrogen-bond acceptors (Lipinski definition) is 4. The summed E-state index contributed by atoms with van der Waals surface area (Å²) in [6, 6.07) is 11.7. The van der Waals surface area contributed by atoms with E-state index in [1.54, 1.807) is 6.07 Å². The summed E-state index contributed by atoms with van der Waals surface area (Å²) in [4.78, 5) is 0. The second-order valence-electron chi connectivity index (χ2n) is 5.35. The monoisotopic (exact) mass is 285 g/mol. The molecular formula is C17H19NO3. The second-order valence-corrected chi connectivity index (χ2v) is 5.35. The maximum atomic E-state index is 9.87. The van der Waals surface area contributed by atoms with Gasteiger partial charge in [0.05, 0.1) is 0 Å². The fourth-order valence-corrected chi connectivity index (χ4v) is 2.42. The van der Waals surface area contributed by atoms with Gasteiger partial charge in [0.25, 0.3) is 0 Å². The molecule has 3 rings (SSSR count). The summed E-state index contributed by atoms with van der Waals surface area (Å²) in [6.07, 6.45) is 0. The van der Waals surface area contributed by atoms with Crippen LogP contribution in [0.5, 0.6) is 17.2 Å². The molecule has 110 valence electrons. The molecule has 21 heavy (non-hydrogen) atoms. The number of ether oxygens (including phenoxy) is 2. The highest BCUT2D eigenvalue weighted by Gasteiger charge is 2.15. The predicted molar refractivity (Wildman–Crippen MR) is 80.7 cm³/mol. The molecule has 0 bridgehead atoms. The lowest BCUT2D eigenvalue weighted by Gasteiger charge is -2.15. The number of nitrogens with one attached hydrogen (secondary N) is 1. The standard InChI is InChI=1S/C17H19NO3/c1-11-3-5-15(19)14(7-11)9-18-12(2)13-4-6-16-17(8-13)21-10-20-16/h3-8,12,18-19H,9-10H2,1-2H3. The van der Waals surface area contributed by atoms with Crippen molar-refractivity contribution in [3.63, 3.8) is 0 Å². The summed E-state index contributed by atoms with van der Waals surface area (Å²) in [7, 11) is 0. The van der Waals surface area contributed by atoms with Crippen LogP contribution in [0.25, 0.3) is 0 Å². The topological polar surface area (TPSA) is 50.7 Å². The quantitative estimate of drug-likeness (QED) is 0.905. The lowest BCUT2D eigenvalue weighted by molar-refractivity contribution is 0.174. The molecule has 2 N–H and O–H groups in total. The number of phenolic OH excluding ortho intramolecular Hbond substituents is 1. The van der Waals surface area contributed by atoms with Crippen LogP contribution in [-0.4, -0.2) is 11.9 Å². The molecule has 4 heteroatoms. The van der Waals surface area contributed by atoms with Crippen molar-refractivity contribution in [1.82, 2.24) is 5.32 Å². The van der Waals surface area contributed by atoms with Crippen LogP contribution in [0.2, 0.25) is 0 Å². The summed E-state index contributed by atoms with van der Waals surface area (Å²) in [5, 5.41) is 13.3. The van der Waals surface area contributed by atoms with Gasteiger partial charge in [-0.15, -0.1) is 0 Å². The molecule has 2 aromatic carbocycles. The SMILES string of the molecule is Cc1ccc(O)c(CNC(C)c2ccc3c(c2)OCO3)c1. The Morgan fingerprint density at radius 2 is 1.95 bits per heavy atom. The van der Waals surface area contributed by atoms with Gasteiger partial charge in [-0.2, -0.15) is 0 Å². The van der Waals surface area contributed by atoms with Crippen molar-refractivity contribution in [2.24, 2.45) is 0 Å². The Balaban J connectivity index is 1.69. The highest BCUT2D eigenvalue weighted by Crippen LogP contribution is 2.34. The summed E-state index contributed by atoms with van der Waals surface area (Å²) < 4.78 is 10.7. The normalized spacial score (nSPS) is 14.2. The molecule has 0 fully saturated rings. The van der Waals surface area contributed by atoms with Crippen LogP contribution in [0.3, 0.4) is 0 Å². The number of hydrogen-bond donors (Lipinski definition) is 2. The third-order valence-corrected chi connectivity index (χ3v) is 3.73. The van der Waals surface area contributed by atoms with Crippen LogP contribution in [0.1, 0.15) is 29.7 Å². The molecule has 4 nitrogen and oxygen atoms in total. The van der Waals surface area contributed by atoms with Crippen LogP contribution >= 0.6 is 0 Å². The van der Waals surface area contributed by atoms with Crippen molar-refractivity contribution in [2.75, 3.05) is 6.79 Å². The summed E-state index contributed by atoms with van der Waals surface area (Å²) in [5.41, 5.74) is 3.18. The predicted octanol–water partition coefficient (Wildman–Crippen LogP) is 3.28. The molecule has 0 saturated heterocycles. The Morgan fingerprint density at radius 1 is 1.14 bits per heavy atom. The fraction of sp³-hybridized carbons (Fsp3) is 0.294. The van der Waals surface area contributed by atoms with Crippen LogP contribution in [-0.2, 0) is 6.54 Å². The van der Waals surface area contributed by atoms with E-state index in [2.05, 4.69) is 12.2 Å². The first kappa shape index (κ1) is 13.8. The van der Waals surface area contributed by atoms with E-state index in [9.17, 15) is 5.11 Å². The molecule has 0 spiro atoms. The van der Waals surface area contributed by atoms with Gasteiger partial charge in [-0.3, -0.25) is 0 Å². The Bertz CT molecular complexity index is 654. The fourth-order valence-electron chi connectivity index (χ4n) is 2.42. The molecule has 0 aliphatic carbocycles. The van der Waals surface area contributed by atoms with Gasteiger partial charge in [0.2, 0.25) is 6.79 Å². The van der Waals surface area contributed by atoms with Gasteiger partial charge in [0.15, 0.2) is 11.5 Å². The number of phenols is 1. The van der Waals surface area contributed by atoms with Gasteiger partial charge in [-0.25, -0.2) is 0 Å². The van der Waals surface area contributed by atoms with Crippen molar-refractivity contribution < 1.29 is 14.6 Å². The van der Waals surface area contributed by atoms with Gasteiger partial charge in [0, 0.05) is 18.2 Å². The zero-order valence-corrected chi connectivity index (χ0v) is 12.2. The van der Waals surface area contributed by atoms with Gasteiger partial charge in [-0.05, 0) is 37.6 Å². The molecule has 1 unspecified atom stereocenters. The minimum Gasteiger partial charge on any atom is -0.508 e. The van der Waals surface area contributed by atoms with Gasteiger partial charge in [0.1, 0.15) is 5.75 Å². The molecule has 1 aliphatic rings. The Labute approximate surface area is 124 Å². The third-order valence-electron chi connectivity index (χ3n) is 3.73. The van der Waals surface area contributed by atoms with Crippen molar-refractivity contribution in [3.8, 4) is 17.2 Å². The lowest BCUT2D eigenvalue weighted by atomic mass is 10.1. The average molecular weight is 285 g/mol. The number of rotatable bonds is 4. The van der Waals surface area contributed by atoms with E-state index in [1.165, 1.54) is 0 Å². The maximum Gasteiger partial charge on any atom is 0.231 e. The van der Waals surface area contributed by atoms with Crippen LogP contribution < -0.4 is 14.8 Å². The highest BCUT2D eigenvalue weighted by molar-refractivity contribution is 5.45. The van der Waals surface area contributed by atoms with Gasteiger partial charge < -0.3 is 19.9 Å². The number of aromatic hydroxyl groups is 1. The van der Waals surface area contributed by atoms with E-state index in [-0.39, 0.29) is 12.8 Å². The molecule has 0 aromatic heterocycles. The Hall–Kier alpha value is -2.20. The highest BCUT2D eigenvalue weighted by atomic mass is 16.7. The van der Waals surface area contributed by atoms with Crippen molar-refractivity contribution in [1.29, 1.82) is 0 Å². The molecule has 0 amide bonds. The smallest absolute Gasteiger partial charge is 0.231 e. The minimum atomic E-state index is 0.152. The molecule has 0 saturated carbocycles. The van der Waals surface area contributed by atoms with E-state index in [4.69, 9.17) is 9.47 Å².